The topological polar surface area (TPSA) is 204 Å². The minimum Gasteiger partial charge on any atom is -0.480 e. The van der Waals surface area contributed by atoms with Crippen LogP contribution in [0.2, 0.25) is 0 Å². The van der Waals surface area contributed by atoms with Crippen molar-refractivity contribution in [2.75, 3.05) is 18.8 Å². The van der Waals surface area contributed by atoms with Crippen LogP contribution in [0.4, 0.5) is 15.4 Å². The zero-order chi connectivity index (χ0) is 37.6. The predicted molar refractivity (Wildman–Crippen MR) is 186 cm³/mol. The molecule has 276 valence electrons. The van der Waals surface area contributed by atoms with Crippen molar-refractivity contribution >= 4 is 29.9 Å². The number of hydrogen-bond donors (Lipinski definition) is 3. The van der Waals surface area contributed by atoms with E-state index < -0.39 is 60.1 Å². The molecule has 2 aromatic carbocycles. The molecule has 1 heterocycles. The minimum absolute atomic E-state index is 0.0438. The fourth-order valence-corrected chi connectivity index (χ4v) is 5.50. The van der Waals surface area contributed by atoms with Crippen LogP contribution in [-0.2, 0) is 43.7 Å². The van der Waals surface area contributed by atoms with Gasteiger partial charge in [-0.1, -0.05) is 94.8 Å². The fraction of sp³-hybridized carbons (Fsp3) is 0.444. The average molecular weight is 710 g/mol. The molecule has 0 spiro atoms. The van der Waals surface area contributed by atoms with Gasteiger partial charge in [0.15, 0.2) is 0 Å². The number of aliphatic carboxylic acids is 2. The highest BCUT2D eigenvalue weighted by molar-refractivity contribution is 5.83. The van der Waals surface area contributed by atoms with Crippen LogP contribution in [0, 0.1) is 11.8 Å². The van der Waals surface area contributed by atoms with E-state index in [0.717, 1.165) is 14.4 Å². The normalized spacial score (nSPS) is 14.0. The van der Waals surface area contributed by atoms with Crippen LogP contribution in [0.25, 0.3) is 0 Å². The Balaban J connectivity index is 1.99. The van der Waals surface area contributed by atoms with Gasteiger partial charge in [-0.25, -0.2) is 24.0 Å². The minimum atomic E-state index is -2.38. The van der Waals surface area contributed by atoms with Crippen molar-refractivity contribution in [3.8, 4) is 0 Å². The number of anilines is 1. The molecule has 0 unspecified atom stereocenters. The second kappa shape index (κ2) is 19.1. The number of nitrogen functional groups attached to an aromatic ring is 1. The van der Waals surface area contributed by atoms with E-state index in [1.807, 2.05) is 6.07 Å². The molecule has 0 aliphatic carbocycles. The molecule has 2 amide bonds. The zero-order valence-electron chi connectivity index (χ0n) is 29.3. The Morgan fingerprint density at radius 2 is 1.43 bits per heavy atom. The monoisotopic (exact) mass is 709 g/mol. The number of benzene rings is 2. The van der Waals surface area contributed by atoms with E-state index in [2.05, 4.69) is 4.98 Å². The van der Waals surface area contributed by atoms with E-state index in [-0.39, 0.29) is 45.0 Å². The van der Waals surface area contributed by atoms with Gasteiger partial charge in [0.1, 0.15) is 31.8 Å². The summed E-state index contributed by atoms with van der Waals surface area (Å²) in [4.78, 5) is 71.4. The van der Waals surface area contributed by atoms with Crippen LogP contribution < -0.4 is 11.4 Å². The number of aromatic nitrogens is 2. The molecule has 3 aromatic rings. The van der Waals surface area contributed by atoms with Gasteiger partial charge in [0, 0.05) is 25.2 Å². The van der Waals surface area contributed by atoms with Crippen LogP contribution in [0.1, 0.15) is 58.1 Å². The molecular formula is C36H47N5O10. The van der Waals surface area contributed by atoms with Gasteiger partial charge >= 0.3 is 29.8 Å². The maximum Gasteiger partial charge on any atom is 0.412 e. The SMILES string of the molecule is CC[C@H](C)[C@@H](C(=O)O)N(CCCN(C(=O)OCc1ccccc1)[C@](OCn1ccc(N)nc1=O)(C(=O)O)[C@@H](C)CC)C(=O)OCc1ccccc1. The van der Waals surface area contributed by atoms with Crippen molar-refractivity contribution in [1.29, 1.82) is 0 Å². The third-order valence-corrected chi connectivity index (χ3v) is 8.72. The first kappa shape index (κ1) is 40.0. The summed E-state index contributed by atoms with van der Waals surface area (Å²) in [6, 6.07) is 17.7. The summed E-state index contributed by atoms with van der Waals surface area (Å²) in [5, 5.41) is 21.0. The number of hydrogen-bond acceptors (Lipinski definition) is 10. The molecule has 1 aromatic heterocycles. The van der Waals surface area contributed by atoms with Crippen molar-refractivity contribution in [1.82, 2.24) is 19.4 Å². The molecular weight excluding hydrogens is 662 g/mol. The molecule has 0 bridgehead atoms. The number of carboxylic acids is 2. The van der Waals surface area contributed by atoms with Crippen LogP contribution in [0.3, 0.4) is 0 Å². The molecule has 0 radical (unpaired) electrons. The lowest BCUT2D eigenvalue weighted by molar-refractivity contribution is -0.219. The van der Waals surface area contributed by atoms with Gasteiger partial charge < -0.3 is 30.2 Å². The van der Waals surface area contributed by atoms with Crippen molar-refractivity contribution in [3.05, 3.63) is 94.5 Å². The summed E-state index contributed by atoms with van der Waals surface area (Å²) < 4.78 is 18.2. The van der Waals surface area contributed by atoms with Gasteiger partial charge in [-0.05, 0) is 36.0 Å². The van der Waals surface area contributed by atoms with Crippen molar-refractivity contribution < 1.29 is 43.6 Å². The number of amides is 2. The largest absolute Gasteiger partial charge is 0.480 e. The van der Waals surface area contributed by atoms with Gasteiger partial charge in [0.05, 0.1) is 0 Å². The lowest BCUT2D eigenvalue weighted by Gasteiger charge is -2.43. The van der Waals surface area contributed by atoms with E-state index >= 15 is 0 Å². The number of carbonyl (C=O) groups is 4. The molecule has 15 nitrogen and oxygen atoms in total. The van der Waals surface area contributed by atoms with Crippen LogP contribution in [0.15, 0.2) is 77.7 Å². The molecule has 0 fully saturated rings. The van der Waals surface area contributed by atoms with Crippen molar-refractivity contribution in [2.45, 2.75) is 78.7 Å². The summed E-state index contributed by atoms with van der Waals surface area (Å²) in [6.07, 6.45) is -0.0930. The van der Waals surface area contributed by atoms with Crippen molar-refractivity contribution in [3.63, 3.8) is 0 Å². The Morgan fingerprint density at radius 3 is 1.92 bits per heavy atom. The highest BCUT2D eigenvalue weighted by atomic mass is 16.6. The lowest BCUT2D eigenvalue weighted by atomic mass is 9.92. The standard InChI is InChI=1S/C36H47N5O10/c1-5-25(3)30(31(42)43)40(34(47)49-22-27-14-9-7-10-15-27)19-13-20-41(35(48)50-23-28-16-11-8-12-17-28)36(32(44)45,26(4)6-2)51-24-39-21-18-29(37)38-33(39)46/h7-12,14-18,21,25-26,30H,5-6,13,19-20,22-24H2,1-4H3,(H,42,43)(H,44,45)(H2,37,38,46)/t25-,26-,30-,36+/m0/s1. The third-order valence-electron chi connectivity index (χ3n) is 8.72. The highest BCUT2D eigenvalue weighted by Gasteiger charge is 2.53. The number of nitrogens with two attached hydrogens (primary N) is 1. The number of nitrogens with zero attached hydrogens (tertiary/aromatic N) is 4. The predicted octanol–water partition coefficient (Wildman–Crippen LogP) is 4.79. The Labute approximate surface area is 296 Å². The van der Waals surface area contributed by atoms with Crippen LogP contribution >= 0.6 is 0 Å². The fourth-order valence-electron chi connectivity index (χ4n) is 5.50. The molecule has 0 aliphatic heterocycles. The molecule has 0 aliphatic rings. The zero-order valence-corrected chi connectivity index (χ0v) is 29.3. The number of rotatable bonds is 19. The molecule has 4 atom stereocenters. The van der Waals surface area contributed by atoms with E-state index in [1.54, 1.807) is 82.3 Å². The maximum atomic E-state index is 13.9. The first-order valence-corrected chi connectivity index (χ1v) is 16.7. The molecule has 4 N–H and O–H groups in total. The van der Waals surface area contributed by atoms with Gasteiger partial charge in [0.2, 0.25) is 5.72 Å². The van der Waals surface area contributed by atoms with E-state index in [4.69, 9.17) is 19.9 Å². The van der Waals surface area contributed by atoms with E-state index in [9.17, 15) is 34.2 Å². The van der Waals surface area contributed by atoms with Crippen LogP contribution in [0.5, 0.6) is 0 Å². The van der Waals surface area contributed by atoms with Gasteiger partial charge in [-0.2, -0.15) is 4.98 Å². The second-order valence-electron chi connectivity index (χ2n) is 12.1. The first-order valence-electron chi connectivity index (χ1n) is 16.7. The molecule has 0 saturated carbocycles. The lowest BCUT2D eigenvalue weighted by Crippen LogP contribution is -2.63. The number of ether oxygens (including phenoxy) is 3. The molecule has 15 heteroatoms. The van der Waals surface area contributed by atoms with Crippen LogP contribution in [-0.4, -0.2) is 78.5 Å². The average Bonchev–Trinajstić information content (AvgIpc) is 3.12. The van der Waals surface area contributed by atoms with Gasteiger partial charge in [0.25, 0.3) is 0 Å². The Kier molecular flexibility index (Phi) is 15.0. The van der Waals surface area contributed by atoms with E-state index in [0.29, 0.717) is 17.5 Å². The first-order chi connectivity index (χ1) is 24.3. The molecule has 3 rings (SSSR count). The second-order valence-corrected chi connectivity index (χ2v) is 12.1. The Hall–Kier alpha value is -5.44. The summed E-state index contributed by atoms with van der Waals surface area (Å²) in [5.74, 6) is -4.17. The van der Waals surface area contributed by atoms with Gasteiger partial charge in [-0.15, -0.1) is 0 Å². The maximum absolute atomic E-state index is 13.9. The number of carbonyl (C=O) groups excluding carboxylic acids is 2. The Bertz CT molecular complexity index is 1650. The summed E-state index contributed by atoms with van der Waals surface area (Å²) in [6.45, 7) is 5.29. The number of carboxylic acid groups (broad SMARTS) is 2. The van der Waals surface area contributed by atoms with Gasteiger partial charge in [-0.3, -0.25) is 14.4 Å². The Morgan fingerprint density at radius 1 is 0.863 bits per heavy atom. The summed E-state index contributed by atoms with van der Waals surface area (Å²) in [7, 11) is 0. The summed E-state index contributed by atoms with van der Waals surface area (Å²) >= 11 is 0. The van der Waals surface area contributed by atoms with Crippen molar-refractivity contribution in [2.24, 2.45) is 11.8 Å². The molecule has 51 heavy (non-hydrogen) atoms. The highest BCUT2D eigenvalue weighted by Crippen LogP contribution is 2.32. The molecule has 0 saturated heterocycles. The summed E-state index contributed by atoms with van der Waals surface area (Å²) in [5.41, 5.74) is 3.76. The van der Waals surface area contributed by atoms with E-state index in [1.165, 1.54) is 12.3 Å². The smallest absolute Gasteiger partial charge is 0.412 e. The quantitative estimate of drug-likeness (QED) is 0.144. The third kappa shape index (κ3) is 10.5.